The van der Waals surface area contributed by atoms with E-state index in [1.54, 1.807) is 0 Å². The lowest BCUT2D eigenvalue weighted by atomic mass is 10.2. The summed E-state index contributed by atoms with van der Waals surface area (Å²) in [5.41, 5.74) is 1.23. The number of non-ortho nitro benzene ring substituents is 1. The Morgan fingerprint density at radius 2 is 1.95 bits per heavy atom. The van der Waals surface area contributed by atoms with Gasteiger partial charge in [-0.05, 0) is 11.6 Å². The van der Waals surface area contributed by atoms with Crippen molar-refractivity contribution >= 4 is 17.8 Å². The number of carbonyl (C=O) groups excluding carboxylic acids is 1. The number of ether oxygens (including phenoxy) is 1. The minimum Gasteiger partial charge on any atom is -0.487 e. The average Bonchev–Trinajstić information content (AvgIpc) is 2.52. The summed E-state index contributed by atoms with van der Waals surface area (Å²) >= 11 is 0. The van der Waals surface area contributed by atoms with Crippen LogP contribution in [0.4, 0.5) is 11.4 Å². The van der Waals surface area contributed by atoms with E-state index in [1.165, 1.54) is 30.1 Å². The van der Waals surface area contributed by atoms with Crippen LogP contribution in [0.2, 0.25) is 0 Å². The van der Waals surface area contributed by atoms with Crippen molar-refractivity contribution in [3.05, 3.63) is 64.2 Å². The zero-order valence-corrected chi connectivity index (χ0v) is 11.4. The molecule has 2 rings (SSSR count). The number of nitrogens with zero attached hydrogens (tertiary/aromatic N) is 2. The lowest BCUT2D eigenvalue weighted by Gasteiger charge is -2.16. The van der Waals surface area contributed by atoms with Crippen LogP contribution in [-0.4, -0.2) is 18.4 Å². The first kappa shape index (κ1) is 14.5. The van der Waals surface area contributed by atoms with E-state index in [2.05, 4.69) is 0 Å². The number of hydrogen-bond donors (Lipinski definition) is 0. The van der Waals surface area contributed by atoms with Crippen molar-refractivity contribution < 1.29 is 14.5 Å². The van der Waals surface area contributed by atoms with Gasteiger partial charge in [0.1, 0.15) is 12.4 Å². The summed E-state index contributed by atoms with van der Waals surface area (Å²) < 4.78 is 5.66. The molecule has 108 valence electrons. The highest BCUT2D eigenvalue weighted by atomic mass is 16.6. The first-order chi connectivity index (χ1) is 10.1. The molecule has 2 aromatic rings. The van der Waals surface area contributed by atoms with Gasteiger partial charge < -0.3 is 9.64 Å². The highest BCUT2D eigenvalue weighted by Gasteiger charge is 2.14. The molecule has 0 spiro atoms. The van der Waals surface area contributed by atoms with Crippen LogP contribution in [0, 0.1) is 10.1 Å². The number of benzene rings is 2. The average molecular weight is 286 g/mol. The van der Waals surface area contributed by atoms with E-state index >= 15 is 0 Å². The fourth-order valence-electron chi connectivity index (χ4n) is 1.81. The second kappa shape index (κ2) is 6.51. The molecule has 0 bridgehead atoms. The van der Waals surface area contributed by atoms with Crippen LogP contribution < -0.4 is 9.64 Å². The minimum absolute atomic E-state index is 0.0919. The fraction of sp³-hybridized carbons (Fsp3) is 0.133. The Hall–Kier alpha value is -2.89. The van der Waals surface area contributed by atoms with Gasteiger partial charge >= 0.3 is 0 Å². The first-order valence-electron chi connectivity index (χ1n) is 6.25. The molecule has 6 heteroatoms. The van der Waals surface area contributed by atoms with Gasteiger partial charge in [-0.25, -0.2) is 0 Å². The number of rotatable bonds is 6. The molecule has 0 N–H and O–H groups in total. The number of carbonyl (C=O) groups is 1. The van der Waals surface area contributed by atoms with E-state index < -0.39 is 4.92 Å². The third-order valence-electron chi connectivity index (χ3n) is 2.93. The van der Waals surface area contributed by atoms with Gasteiger partial charge in [0.05, 0.1) is 10.6 Å². The summed E-state index contributed by atoms with van der Waals surface area (Å²) in [4.78, 5) is 22.5. The van der Waals surface area contributed by atoms with Gasteiger partial charge in [-0.2, -0.15) is 0 Å². The summed E-state index contributed by atoms with van der Waals surface area (Å²) in [5, 5.41) is 10.8. The second-order valence-electron chi connectivity index (χ2n) is 4.40. The van der Waals surface area contributed by atoms with Crippen LogP contribution in [0.15, 0.2) is 48.5 Å². The number of nitro benzene ring substituents is 1. The van der Waals surface area contributed by atoms with Crippen LogP contribution >= 0.6 is 0 Å². The fourth-order valence-corrected chi connectivity index (χ4v) is 1.81. The van der Waals surface area contributed by atoms with Crippen molar-refractivity contribution in [1.82, 2.24) is 0 Å². The molecule has 1 amide bonds. The van der Waals surface area contributed by atoms with Gasteiger partial charge in [0, 0.05) is 19.2 Å². The van der Waals surface area contributed by atoms with Crippen molar-refractivity contribution in [2.75, 3.05) is 11.9 Å². The van der Waals surface area contributed by atoms with E-state index in [1.807, 2.05) is 30.3 Å². The Balaban J connectivity index is 2.25. The van der Waals surface area contributed by atoms with Crippen molar-refractivity contribution in [2.24, 2.45) is 0 Å². The standard InChI is InChI=1S/C15H14N2O4/c1-16(11-18)14-9-13(17(19)20)7-8-15(14)21-10-12-5-3-2-4-6-12/h2-9,11H,10H2,1H3. The van der Waals surface area contributed by atoms with Crippen LogP contribution in [0.3, 0.4) is 0 Å². The summed E-state index contributed by atoms with van der Waals surface area (Å²) in [6.45, 7) is 0.318. The van der Waals surface area contributed by atoms with E-state index in [-0.39, 0.29) is 5.69 Å². The molecule has 0 heterocycles. The monoisotopic (exact) mass is 286 g/mol. The van der Waals surface area contributed by atoms with Crippen LogP contribution in [-0.2, 0) is 11.4 Å². The number of hydrogen-bond acceptors (Lipinski definition) is 4. The van der Waals surface area contributed by atoms with Crippen molar-refractivity contribution in [3.63, 3.8) is 0 Å². The quantitative estimate of drug-likeness (QED) is 0.465. The van der Waals surface area contributed by atoms with E-state index in [4.69, 9.17) is 4.74 Å². The maximum atomic E-state index is 10.9. The smallest absolute Gasteiger partial charge is 0.271 e. The minimum atomic E-state index is -0.511. The van der Waals surface area contributed by atoms with Crippen LogP contribution in [0.5, 0.6) is 5.75 Å². The summed E-state index contributed by atoms with van der Waals surface area (Å²) in [7, 11) is 1.52. The predicted octanol–water partition coefficient (Wildman–Crippen LogP) is 2.77. The Kier molecular flexibility index (Phi) is 4.50. The Morgan fingerprint density at radius 3 is 2.57 bits per heavy atom. The molecule has 0 fully saturated rings. The lowest BCUT2D eigenvalue weighted by molar-refractivity contribution is -0.384. The number of amides is 1. The zero-order valence-electron chi connectivity index (χ0n) is 11.4. The molecule has 0 saturated carbocycles. The molecule has 0 saturated heterocycles. The van der Waals surface area contributed by atoms with E-state index in [0.29, 0.717) is 24.5 Å². The van der Waals surface area contributed by atoms with E-state index in [0.717, 1.165) is 5.56 Å². The molecule has 6 nitrogen and oxygen atoms in total. The highest BCUT2D eigenvalue weighted by molar-refractivity contribution is 5.79. The Bertz CT molecular complexity index is 643. The number of nitro groups is 1. The molecule has 0 aliphatic heterocycles. The molecule has 2 aromatic carbocycles. The van der Waals surface area contributed by atoms with Gasteiger partial charge in [0.15, 0.2) is 0 Å². The summed E-state index contributed by atoms with van der Waals surface area (Å²) in [6, 6.07) is 13.7. The lowest BCUT2D eigenvalue weighted by Crippen LogP contribution is -2.15. The van der Waals surface area contributed by atoms with Gasteiger partial charge in [-0.1, -0.05) is 30.3 Å². The third-order valence-corrected chi connectivity index (χ3v) is 2.93. The zero-order chi connectivity index (χ0) is 15.2. The molecule has 0 radical (unpaired) electrons. The Morgan fingerprint density at radius 1 is 1.24 bits per heavy atom. The maximum absolute atomic E-state index is 10.9. The van der Waals surface area contributed by atoms with Gasteiger partial charge in [0.25, 0.3) is 5.69 Å². The first-order valence-corrected chi connectivity index (χ1v) is 6.25. The molecular weight excluding hydrogens is 272 g/mol. The molecule has 0 aromatic heterocycles. The SMILES string of the molecule is CN(C=O)c1cc([N+](=O)[O-])ccc1OCc1ccccc1. The molecular formula is C15H14N2O4. The predicted molar refractivity (Wildman–Crippen MR) is 78.3 cm³/mol. The van der Waals surface area contributed by atoms with Crippen molar-refractivity contribution in [2.45, 2.75) is 6.61 Å². The molecule has 0 unspecified atom stereocenters. The third kappa shape index (κ3) is 3.56. The van der Waals surface area contributed by atoms with E-state index in [9.17, 15) is 14.9 Å². The maximum Gasteiger partial charge on any atom is 0.271 e. The summed E-state index contributed by atoms with van der Waals surface area (Å²) in [6.07, 6.45) is 0.578. The van der Waals surface area contributed by atoms with Gasteiger partial charge in [0.2, 0.25) is 6.41 Å². The van der Waals surface area contributed by atoms with Crippen molar-refractivity contribution in [1.29, 1.82) is 0 Å². The second-order valence-corrected chi connectivity index (χ2v) is 4.40. The van der Waals surface area contributed by atoms with Crippen molar-refractivity contribution in [3.8, 4) is 5.75 Å². The summed E-state index contributed by atoms with van der Waals surface area (Å²) in [5.74, 6) is 0.416. The topological polar surface area (TPSA) is 72.7 Å². The van der Waals surface area contributed by atoms with Gasteiger partial charge in [-0.15, -0.1) is 0 Å². The molecule has 0 aliphatic rings. The molecule has 0 aliphatic carbocycles. The Labute approximate surface area is 121 Å². The van der Waals surface area contributed by atoms with Gasteiger partial charge in [-0.3, -0.25) is 14.9 Å². The molecule has 21 heavy (non-hydrogen) atoms. The normalized spacial score (nSPS) is 9.95. The van der Waals surface area contributed by atoms with Crippen LogP contribution in [0.1, 0.15) is 5.56 Å². The van der Waals surface area contributed by atoms with Crippen LogP contribution in [0.25, 0.3) is 0 Å². The largest absolute Gasteiger partial charge is 0.487 e. The number of anilines is 1. The molecule has 0 atom stereocenters. The highest BCUT2D eigenvalue weighted by Crippen LogP contribution is 2.31.